The topological polar surface area (TPSA) is 72.1 Å². The summed E-state index contributed by atoms with van der Waals surface area (Å²) in [5.41, 5.74) is 5.51. The Morgan fingerprint density at radius 1 is 1.00 bits per heavy atom. The summed E-state index contributed by atoms with van der Waals surface area (Å²) in [5.74, 6) is 0. The molecule has 0 radical (unpaired) electrons. The molecule has 3 unspecified atom stereocenters. The van der Waals surface area contributed by atoms with Crippen LogP contribution in [0, 0.1) is 0 Å². The van der Waals surface area contributed by atoms with Crippen molar-refractivity contribution in [3.63, 3.8) is 0 Å². The van der Waals surface area contributed by atoms with E-state index in [9.17, 15) is 10.2 Å². The van der Waals surface area contributed by atoms with E-state index < -0.39 is 0 Å². The Hall–Kier alpha value is 0.679. The first-order chi connectivity index (χ1) is 7.81. The van der Waals surface area contributed by atoms with E-state index in [4.69, 9.17) is 5.73 Å². The normalized spacial score (nSPS) is 14.2. The maximum absolute atomic E-state index is 9.90. The van der Waals surface area contributed by atoms with Crippen LogP contribution in [0.25, 0.3) is 0 Å². The third kappa shape index (κ3) is 47.7. The van der Waals surface area contributed by atoms with Crippen LogP contribution in [0.3, 0.4) is 0 Å². The zero-order chi connectivity index (χ0) is 14.3. The summed E-state index contributed by atoms with van der Waals surface area (Å²) in [6.07, 6.45) is 2.02. The molecule has 0 spiro atoms. The molecule has 0 fully saturated rings. The van der Waals surface area contributed by atoms with Gasteiger partial charge in [-0.1, -0.05) is 40.5 Å². The Morgan fingerprint density at radius 2 is 1.29 bits per heavy atom. The maximum atomic E-state index is 9.90. The van der Waals surface area contributed by atoms with Gasteiger partial charge in [0, 0.05) is 0 Å². The van der Waals surface area contributed by atoms with Crippen LogP contribution >= 0.6 is 0 Å². The van der Waals surface area contributed by atoms with Crippen molar-refractivity contribution in [3.8, 4) is 0 Å². The summed E-state index contributed by atoms with van der Waals surface area (Å²) in [6.45, 7) is 9.18. The first-order valence-corrected chi connectivity index (χ1v) is 11.4. The van der Waals surface area contributed by atoms with E-state index in [1.165, 1.54) is 10.9 Å². The summed E-state index contributed by atoms with van der Waals surface area (Å²) < 4.78 is 1.45. The van der Waals surface area contributed by atoms with Crippen LogP contribution in [0.5, 0.6) is 0 Å². The van der Waals surface area contributed by atoms with Crippen molar-refractivity contribution >= 4 is 21.1 Å². The van der Waals surface area contributed by atoms with E-state index in [-0.39, 0.29) is 33.4 Å². The predicted octanol–water partition coefficient (Wildman–Crippen LogP) is 1.18. The summed E-state index contributed by atoms with van der Waals surface area (Å²) >= 11 is 0.0730. The van der Waals surface area contributed by atoms with E-state index in [0.29, 0.717) is 6.04 Å². The molecule has 0 aliphatic heterocycles. The van der Waals surface area contributed by atoms with Crippen molar-refractivity contribution < 1.29 is 10.2 Å². The molecule has 0 aromatic heterocycles. The van der Waals surface area contributed by atoms with Crippen LogP contribution in [-0.2, 0) is 0 Å². The molecule has 0 aromatic rings. The van der Waals surface area contributed by atoms with E-state index in [2.05, 4.69) is 11.9 Å². The van der Waals surface area contributed by atoms with Gasteiger partial charge in [0.05, 0.1) is 0 Å². The number of hydrogen-bond acceptors (Lipinski definition) is 3. The summed E-state index contributed by atoms with van der Waals surface area (Å²) in [6, 6.07) is 0.445. The molecular weight excluding hydrogens is 321 g/mol. The number of nitrogens with two attached hydrogens (primary N) is 1. The van der Waals surface area contributed by atoms with Crippen molar-refractivity contribution in [2.24, 2.45) is 5.73 Å². The first-order valence-electron chi connectivity index (χ1n) is 6.53. The van der Waals surface area contributed by atoms with Gasteiger partial charge in [-0.3, -0.25) is 0 Å². The van der Waals surface area contributed by atoms with Crippen molar-refractivity contribution in [1.29, 1.82) is 0 Å². The molecule has 0 rings (SSSR count). The fourth-order valence-corrected chi connectivity index (χ4v) is 2.50. The molecule has 17 heavy (non-hydrogen) atoms. The van der Waals surface area contributed by atoms with Gasteiger partial charge in [0.25, 0.3) is 0 Å². The average Bonchev–Trinajstić information content (AvgIpc) is 2.27. The fraction of sp³-hybridized carbons (Fsp3) is 1.00. The summed E-state index contributed by atoms with van der Waals surface area (Å²) in [7, 11) is 0. The van der Waals surface area contributed by atoms with Crippen molar-refractivity contribution in [2.45, 2.75) is 81.5 Å². The van der Waals surface area contributed by atoms with Crippen molar-refractivity contribution in [1.82, 2.24) is 0 Å². The van der Waals surface area contributed by atoms with Crippen LogP contribution in [0.2, 0.25) is 9.38 Å². The zero-order valence-corrected chi connectivity index (χ0v) is 15.3. The molecule has 0 heterocycles. The van der Waals surface area contributed by atoms with Crippen molar-refractivity contribution in [2.75, 3.05) is 0 Å². The van der Waals surface area contributed by atoms with Crippen molar-refractivity contribution in [3.05, 3.63) is 0 Å². The van der Waals surface area contributed by atoms with Gasteiger partial charge in [-0.2, -0.15) is 0 Å². The van der Waals surface area contributed by atoms with Gasteiger partial charge in [-0.05, 0) is 0 Å². The van der Waals surface area contributed by atoms with Gasteiger partial charge in [0.1, 0.15) is 0 Å². The summed E-state index contributed by atoms with van der Waals surface area (Å²) in [5, 5.41) is 19.8. The van der Waals surface area contributed by atoms with Crippen LogP contribution in [0.15, 0.2) is 0 Å². The van der Waals surface area contributed by atoms with Crippen LogP contribution < -0.4 is 15.9 Å². The van der Waals surface area contributed by atoms with Gasteiger partial charge < -0.3 is 10.2 Å². The van der Waals surface area contributed by atoms with Gasteiger partial charge in [-0.25, -0.2) is 0 Å². The molecule has 4 heteroatoms. The second-order valence-corrected chi connectivity index (χ2v) is 7.75. The van der Waals surface area contributed by atoms with Crippen LogP contribution in [0.4, 0.5) is 0 Å². The monoisotopic (exact) mass is 353 g/mol. The van der Waals surface area contributed by atoms with E-state index >= 15 is 0 Å². The molecule has 3 atom stereocenters. The standard InChI is InChI=1S/C4H10N.2C4H9O.CH3.Sn/c3*1-3-4(2)5;;/h4H,1,3,5H2,2H3;2*4H,3H2,1-2H3;1H3;/q;2*-1;;+2. The molecule has 0 aromatic carbocycles. The SMILES string of the molecule is CCC(C)[O-].CCC(C)[O-].[CH3][Sn+2][CH2]CC(C)N. The molecule has 0 aliphatic rings. The molecule has 2 N–H and O–H groups in total. The molecule has 3 nitrogen and oxygen atoms in total. The summed E-state index contributed by atoms with van der Waals surface area (Å²) in [4.78, 5) is 2.35. The predicted molar refractivity (Wildman–Crippen MR) is 74.2 cm³/mol. The Bertz CT molecular complexity index is 112. The Balaban J connectivity index is -0.000000177. The molecular formula is C13H31NO2Sn. The molecule has 0 amide bonds. The Kier molecular flexibility index (Phi) is 25.5. The first kappa shape index (κ1) is 22.8. The molecule has 104 valence electrons. The average molecular weight is 352 g/mol. The zero-order valence-electron chi connectivity index (χ0n) is 12.5. The van der Waals surface area contributed by atoms with Gasteiger partial charge in [-0.15, -0.1) is 12.2 Å². The minimum absolute atomic E-state index is 0.0730. The molecule has 0 saturated carbocycles. The second-order valence-electron chi connectivity index (χ2n) is 4.31. The molecule has 0 aliphatic carbocycles. The number of rotatable bonds is 5. The second kappa shape index (κ2) is 19.0. The molecule has 0 saturated heterocycles. The Labute approximate surface area is 118 Å². The van der Waals surface area contributed by atoms with Crippen LogP contribution in [0.1, 0.15) is 53.9 Å². The van der Waals surface area contributed by atoms with Gasteiger partial charge >= 0.3 is 55.6 Å². The van der Waals surface area contributed by atoms with E-state index in [1.807, 2.05) is 13.8 Å². The van der Waals surface area contributed by atoms with E-state index in [1.54, 1.807) is 13.8 Å². The fourth-order valence-electron chi connectivity index (χ4n) is 0.372. The third-order valence-corrected chi connectivity index (χ3v) is 4.25. The van der Waals surface area contributed by atoms with Crippen LogP contribution in [-0.4, -0.2) is 39.4 Å². The molecule has 0 bridgehead atoms. The number of hydrogen-bond donors (Lipinski definition) is 1. The minimum atomic E-state index is -0.366. The quantitative estimate of drug-likeness (QED) is 0.756. The Morgan fingerprint density at radius 3 is 1.35 bits per heavy atom. The van der Waals surface area contributed by atoms with Gasteiger partial charge in [0.2, 0.25) is 0 Å². The van der Waals surface area contributed by atoms with E-state index in [0.717, 1.165) is 12.8 Å². The van der Waals surface area contributed by atoms with Gasteiger partial charge in [0.15, 0.2) is 0 Å². The third-order valence-electron chi connectivity index (χ3n) is 2.00.